The minimum absolute atomic E-state index is 0.201. The molecule has 5 heteroatoms. The van der Waals surface area contributed by atoms with Crippen LogP contribution >= 0.6 is 22.9 Å². The summed E-state index contributed by atoms with van der Waals surface area (Å²) in [4.78, 5) is 19.3. The van der Waals surface area contributed by atoms with Gasteiger partial charge in [0.1, 0.15) is 0 Å². The molecule has 3 rings (SSSR count). The number of hydrogen-bond donors (Lipinski definition) is 1. The van der Waals surface area contributed by atoms with Gasteiger partial charge in [0.05, 0.1) is 11.3 Å². The van der Waals surface area contributed by atoms with E-state index in [1.807, 2.05) is 30.3 Å². The summed E-state index contributed by atoms with van der Waals surface area (Å²) in [5, 5.41) is 3.49. The Hall–Kier alpha value is -2.43. The molecule has 120 valence electrons. The van der Waals surface area contributed by atoms with Gasteiger partial charge in [0.2, 0.25) is 0 Å². The maximum atomic E-state index is 12.5. The van der Waals surface area contributed by atoms with Crippen LogP contribution in [0.2, 0.25) is 5.02 Å². The molecule has 0 bridgehead atoms. The van der Waals surface area contributed by atoms with E-state index >= 15 is 0 Å². The Morgan fingerprint density at radius 3 is 2.54 bits per heavy atom. The zero-order valence-corrected chi connectivity index (χ0v) is 14.6. The van der Waals surface area contributed by atoms with Crippen molar-refractivity contribution >= 4 is 46.4 Å². The highest BCUT2D eigenvalue weighted by atomic mass is 35.5. The van der Waals surface area contributed by atoms with Crippen LogP contribution in [0.5, 0.6) is 0 Å². The highest BCUT2D eigenvalue weighted by Crippen LogP contribution is 2.22. The van der Waals surface area contributed by atoms with Crippen LogP contribution < -0.4 is 5.32 Å². The first-order valence-corrected chi connectivity index (χ1v) is 8.58. The molecule has 0 aliphatic heterocycles. The highest BCUT2D eigenvalue weighted by molar-refractivity contribution is 7.13. The van der Waals surface area contributed by atoms with Gasteiger partial charge < -0.3 is 5.32 Å². The van der Waals surface area contributed by atoms with Crippen molar-refractivity contribution in [2.75, 3.05) is 5.32 Å². The number of para-hydroxylation sites is 1. The number of thiophene rings is 1. The third-order valence-corrected chi connectivity index (χ3v) is 4.53. The van der Waals surface area contributed by atoms with Gasteiger partial charge in [-0.1, -0.05) is 23.7 Å². The average Bonchev–Trinajstić information content (AvgIpc) is 3.01. The van der Waals surface area contributed by atoms with Crippen molar-refractivity contribution in [3.05, 3.63) is 81.0 Å². The zero-order chi connectivity index (χ0) is 16.9. The van der Waals surface area contributed by atoms with Crippen molar-refractivity contribution in [3.8, 4) is 0 Å². The molecule has 0 unspecified atom stereocenters. The van der Waals surface area contributed by atoms with Crippen molar-refractivity contribution in [1.29, 1.82) is 0 Å². The van der Waals surface area contributed by atoms with Crippen LogP contribution in [0.3, 0.4) is 0 Å². The molecule has 0 saturated carbocycles. The van der Waals surface area contributed by atoms with E-state index in [0.717, 1.165) is 4.88 Å². The third-order valence-electron chi connectivity index (χ3n) is 3.34. The molecule has 0 spiro atoms. The number of nitrogens with one attached hydrogen (secondary N) is 1. The van der Waals surface area contributed by atoms with Gasteiger partial charge in [-0.25, -0.2) is 0 Å². The van der Waals surface area contributed by atoms with Crippen LogP contribution in [0, 0.1) is 6.92 Å². The summed E-state index contributed by atoms with van der Waals surface area (Å²) in [7, 11) is 0. The molecular formula is C19H15ClN2OS. The summed E-state index contributed by atoms with van der Waals surface area (Å²) < 4.78 is 0. The molecule has 3 nitrogen and oxygen atoms in total. The molecule has 3 aromatic rings. The van der Waals surface area contributed by atoms with Gasteiger partial charge in [-0.2, -0.15) is 0 Å². The highest BCUT2D eigenvalue weighted by Gasteiger charge is 2.10. The quantitative estimate of drug-likeness (QED) is 0.599. The maximum Gasteiger partial charge on any atom is 0.257 e. The lowest BCUT2D eigenvalue weighted by molar-refractivity contribution is 0.102. The van der Waals surface area contributed by atoms with Crippen LogP contribution in [0.1, 0.15) is 20.1 Å². The second-order valence-corrected chi connectivity index (χ2v) is 6.94. The predicted molar refractivity (Wildman–Crippen MR) is 102 cm³/mol. The van der Waals surface area contributed by atoms with Gasteiger partial charge >= 0.3 is 0 Å². The van der Waals surface area contributed by atoms with Gasteiger partial charge in [0.25, 0.3) is 5.91 Å². The Bertz CT molecular complexity index is 884. The summed E-state index contributed by atoms with van der Waals surface area (Å²) in [6, 6.07) is 18.3. The molecule has 0 radical (unpaired) electrons. The van der Waals surface area contributed by atoms with Crippen molar-refractivity contribution < 1.29 is 4.79 Å². The molecule has 1 aromatic heterocycles. The molecule has 2 aromatic carbocycles. The molecule has 0 saturated heterocycles. The van der Waals surface area contributed by atoms with Gasteiger partial charge in [-0.15, -0.1) is 11.3 Å². The first kappa shape index (κ1) is 16.4. The number of aliphatic imine (C=N–C) groups is 1. The van der Waals surface area contributed by atoms with Crippen molar-refractivity contribution in [1.82, 2.24) is 0 Å². The third kappa shape index (κ3) is 4.10. The molecule has 0 aliphatic carbocycles. The number of carbonyl (C=O) groups excluding carboxylic acids is 1. The van der Waals surface area contributed by atoms with E-state index < -0.39 is 0 Å². The monoisotopic (exact) mass is 354 g/mol. The Kier molecular flexibility index (Phi) is 5.08. The summed E-state index contributed by atoms with van der Waals surface area (Å²) in [6.07, 6.45) is 1.78. The molecule has 0 aliphatic rings. The molecule has 1 amide bonds. The Balaban J connectivity index is 1.81. The van der Waals surface area contributed by atoms with Gasteiger partial charge in [-0.05, 0) is 55.5 Å². The van der Waals surface area contributed by atoms with Crippen LogP contribution in [0.25, 0.3) is 0 Å². The normalized spacial score (nSPS) is 10.9. The summed E-state index contributed by atoms with van der Waals surface area (Å²) in [5.74, 6) is -0.201. The number of aryl methyl sites for hydroxylation is 1. The summed E-state index contributed by atoms with van der Waals surface area (Å²) in [6.45, 7) is 2.05. The molecular weight excluding hydrogens is 340 g/mol. The molecule has 0 atom stereocenters. The lowest BCUT2D eigenvalue weighted by Crippen LogP contribution is -2.11. The Morgan fingerprint density at radius 1 is 1.08 bits per heavy atom. The average molecular weight is 355 g/mol. The summed E-state index contributed by atoms with van der Waals surface area (Å²) >= 11 is 7.52. The minimum atomic E-state index is -0.201. The number of benzene rings is 2. The lowest BCUT2D eigenvalue weighted by Gasteiger charge is -2.07. The lowest BCUT2D eigenvalue weighted by atomic mass is 10.1. The van der Waals surface area contributed by atoms with E-state index in [1.165, 1.54) is 4.88 Å². The minimum Gasteiger partial charge on any atom is -0.322 e. The van der Waals surface area contributed by atoms with Crippen LogP contribution in [-0.2, 0) is 0 Å². The number of hydrogen-bond acceptors (Lipinski definition) is 3. The number of rotatable bonds is 4. The van der Waals surface area contributed by atoms with Gasteiger partial charge in [0, 0.05) is 26.7 Å². The molecule has 0 fully saturated rings. The second-order valence-electron chi connectivity index (χ2n) is 5.18. The van der Waals surface area contributed by atoms with E-state index in [0.29, 0.717) is 22.0 Å². The van der Waals surface area contributed by atoms with E-state index in [-0.39, 0.29) is 5.91 Å². The van der Waals surface area contributed by atoms with Gasteiger partial charge in [0.15, 0.2) is 0 Å². The van der Waals surface area contributed by atoms with Crippen LogP contribution in [0.15, 0.2) is 65.7 Å². The first-order valence-electron chi connectivity index (χ1n) is 7.38. The number of anilines is 1. The number of halogens is 1. The van der Waals surface area contributed by atoms with E-state index in [4.69, 9.17) is 11.6 Å². The van der Waals surface area contributed by atoms with E-state index in [9.17, 15) is 4.79 Å². The Morgan fingerprint density at radius 2 is 1.83 bits per heavy atom. The van der Waals surface area contributed by atoms with E-state index in [1.54, 1.807) is 47.9 Å². The van der Waals surface area contributed by atoms with E-state index in [2.05, 4.69) is 17.2 Å². The molecule has 24 heavy (non-hydrogen) atoms. The second kappa shape index (κ2) is 7.43. The maximum absolute atomic E-state index is 12.5. The first-order chi connectivity index (χ1) is 11.6. The summed E-state index contributed by atoms with van der Waals surface area (Å²) in [5.41, 5.74) is 1.85. The SMILES string of the molecule is Cc1ccc(C=Nc2ccccc2C(=O)Nc2ccc(Cl)cc2)s1. The fourth-order valence-electron chi connectivity index (χ4n) is 2.17. The topological polar surface area (TPSA) is 41.5 Å². The molecule has 1 heterocycles. The number of amides is 1. The van der Waals surface area contributed by atoms with Gasteiger partial charge in [-0.3, -0.25) is 9.79 Å². The van der Waals surface area contributed by atoms with Crippen molar-refractivity contribution in [2.45, 2.75) is 6.92 Å². The smallest absolute Gasteiger partial charge is 0.257 e. The molecule has 1 N–H and O–H groups in total. The zero-order valence-electron chi connectivity index (χ0n) is 13.0. The standard InChI is InChI=1S/C19H15ClN2OS/c1-13-6-11-16(24-13)12-21-18-5-3-2-4-17(18)19(23)22-15-9-7-14(20)8-10-15/h2-12H,1H3,(H,22,23). The van der Waals surface area contributed by atoms with Crippen molar-refractivity contribution in [2.24, 2.45) is 4.99 Å². The van der Waals surface area contributed by atoms with Crippen molar-refractivity contribution in [3.63, 3.8) is 0 Å². The largest absolute Gasteiger partial charge is 0.322 e. The number of carbonyl (C=O) groups is 1. The Labute approximate surface area is 149 Å². The van der Waals surface area contributed by atoms with Crippen LogP contribution in [0.4, 0.5) is 11.4 Å². The number of nitrogens with zero attached hydrogens (tertiary/aromatic N) is 1. The fourth-order valence-corrected chi connectivity index (χ4v) is 3.04. The van der Waals surface area contributed by atoms with Crippen LogP contribution in [-0.4, -0.2) is 12.1 Å². The fraction of sp³-hybridized carbons (Fsp3) is 0.0526. The predicted octanol–water partition coefficient (Wildman–Crippen LogP) is 5.71.